The second-order valence-corrected chi connectivity index (χ2v) is 9.53. The summed E-state index contributed by atoms with van der Waals surface area (Å²) in [6.45, 7) is 2.41. The summed E-state index contributed by atoms with van der Waals surface area (Å²) >= 11 is 0. The number of carboxylic acid groups (broad SMARTS) is 1. The van der Waals surface area contributed by atoms with Gasteiger partial charge in [-0.1, -0.05) is 17.9 Å². The number of carboxylic acids is 1. The van der Waals surface area contributed by atoms with E-state index in [-0.39, 0.29) is 12.2 Å². The van der Waals surface area contributed by atoms with E-state index in [2.05, 4.69) is 33.9 Å². The van der Waals surface area contributed by atoms with Crippen LogP contribution in [0.5, 0.6) is 5.75 Å². The van der Waals surface area contributed by atoms with Gasteiger partial charge in [-0.3, -0.25) is 14.7 Å². The molecule has 1 aliphatic heterocycles. The largest absolute Gasteiger partial charge is 0.497 e. The SMILES string of the molecule is COc1ccc2nccc(CCC[C@@H]3CCN(CC#Cc4cccc(F)c4)C[C@@H]3CCC(=O)O)c2c1. The van der Waals surface area contributed by atoms with Crippen LogP contribution in [0.3, 0.4) is 0 Å². The van der Waals surface area contributed by atoms with Gasteiger partial charge in [0.1, 0.15) is 11.6 Å². The van der Waals surface area contributed by atoms with Crippen molar-refractivity contribution in [1.82, 2.24) is 9.88 Å². The van der Waals surface area contributed by atoms with E-state index in [1.54, 1.807) is 19.2 Å². The Hall–Kier alpha value is -3.43. The molecule has 0 unspecified atom stereocenters. The number of fused-ring (bicyclic) bond motifs is 1. The predicted octanol–water partition coefficient (Wildman–Crippen LogP) is 5.56. The number of hydrogen-bond acceptors (Lipinski definition) is 4. The topological polar surface area (TPSA) is 62.7 Å². The Balaban J connectivity index is 1.36. The zero-order valence-electron chi connectivity index (χ0n) is 20.8. The first-order valence-corrected chi connectivity index (χ1v) is 12.6. The van der Waals surface area contributed by atoms with Crippen LogP contribution in [0.15, 0.2) is 54.7 Å². The standard InChI is InChI=1S/C30H33FN2O3/c1-36-27-11-12-29-28(20-27)24(14-16-32-29)8-3-7-23-15-18-33(21-25(23)10-13-30(34)35)17-4-6-22-5-2-9-26(31)19-22/h2,5,9,11-12,14,16,19-20,23,25H,3,7-8,10,13,15,17-18,21H2,1H3,(H,34,35)/t23-,25+/m1/s1. The summed E-state index contributed by atoms with van der Waals surface area (Å²) in [7, 11) is 1.67. The highest BCUT2D eigenvalue weighted by atomic mass is 19.1. The lowest BCUT2D eigenvalue weighted by atomic mass is 9.79. The molecule has 0 saturated carbocycles. The summed E-state index contributed by atoms with van der Waals surface area (Å²) in [6, 6.07) is 14.4. The third-order valence-electron chi connectivity index (χ3n) is 7.12. The van der Waals surface area contributed by atoms with Gasteiger partial charge in [-0.05, 0) is 98.5 Å². The maximum absolute atomic E-state index is 13.4. The molecule has 0 spiro atoms. The molecular weight excluding hydrogens is 455 g/mol. The normalized spacial score (nSPS) is 17.9. The zero-order chi connectivity index (χ0) is 25.3. The van der Waals surface area contributed by atoms with Crippen molar-refractivity contribution in [3.63, 3.8) is 0 Å². The van der Waals surface area contributed by atoms with Gasteiger partial charge in [-0.2, -0.15) is 0 Å². The van der Waals surface area contributed by atoms with Gasteiger partial charge in [0.2, 0.25) is 0 Å². The summed E-state index contributed by atoms with van der Waals surface area (Å²) in [5.74, 6) is 6.85. The predicted molar refractivity (Wildman–Crippen MR) is 139 cm³/mol. The van der Waals surface area contributed by atoms with Crippen LogP contribution < -0.4 is 4.74 Å². The molecule has 2 atom stereocenters. The molecule has 3 aromatic rings. The van der Waals surface area contributed by atoms with Crippen LogP contribution in [-0.4, -0.2) is 47.7 Å². The highest BCUT2D eigenvalue weighted by Crippen LogP contribution is 2.32. The number of nitrogens with zero attached hydrogens (tertiary/aromatic N) is 2. The first kappa shape index (κ1) is 25.7. The van der Waals surface area contributed by atoms with Crippen LogP contribution in [0.2, 0.25) is 0 Å². The smallest absolute Gasteiger partial charge is 0.303 e. The van der Waals surface area contributed by atoms with E-state index in [0.29, 0.717) is 30.4 Å². The minimum Gasteiger partial charge on any atom is -0.497 e. The molecule has 0 aliphatic carbocycles. The Bertz CT molecular complexity index is 1250. The number of carbonyl (C=O) groups is 1. The average molecular weight is 489 g/mol. The second kappa shape index (κ2) is 12.5. The van der Waals surface area contributed by atoms with Crippen molar-refractivity contribution in [2.24, 2.45) is 11.8 Å². The van der Waals surface area contributed by atoms with Gasteiger partial charge in [0, 0.05) is 30.1 Å². The van der Waals surface area contributed by atoms with E-state index in [0.717, 1.165) is 55.4 Å². The van der Waals surface area contributed by atoms with Crippen molar-refractivity contribution in [2.45, 2.75) is 38.5 Å². The van der Waals surface area contributed by atoms with Crippen LogP contribution in [-0.2, 0) is 11.2 Å². The van der Waals surface area contributed by atoms with E-state index in [9.17, 15) is 14.3 Å². The molecule has 188 valence electrons. The molecule has 1 saturated heterocycles. The lowest BCUT2D eigenvalue weighted by Gasteiger charge is -2.38. The van der Waals surface area contributed by atoms with Crippen LogP contribution in [0, 0.1) is 29.5 Å². The molecule has 36 heavy (non-hydrogen) atoms. The fourth-order valence-electron chi connectivity index (χ4n) is 5.22. The number of benzene rings is 2. The number of aliphatic carboxylic acids is 1. The van der Waals surface area contributed by atoms with Gasteiger partial charge in [0.25, 0.3) is 0 Å². The molecule has 4 rings (SSSR count). The van der Waals surface area contributed by atoms with Crippen molar-refractivity contribution in [2.75, 3.05) is 26.7 Å². The Kier molecular flexibility index (Phi) is 8.91. The summed E-state index contributed by atoms with van der Waals surface area (Å²) in [5.41, 5.74) is 2.92. The number of piperidine rings is 1. The minimum atomic E-state index is -0.742. The Morgan fingerprint density at radius 3 is 2.89 bits per heavy atom. The fourth-order valence-corrected chi connectivity index (χ4v) is 5.22. The molecule has 5 nitrogen and oxygen atoms in total. The van der Waals surface area contributed by atoms with Crippen molar-refractivity contribution >= 4 is 16.9 Å². The van der Waals surface area contributed by atoms with Gasteiger partial charge in [-0.15, -0.1) is 0 Å². The second-order valence-electron chi connectivity index (χ2n) is 9.53. The molecular formula is C30H33FN2O3. The van der Waals surface area contributed by atoms with Crippen LogP contribution in [0.1, 0.15) is 43.2 Å². The number of hydrogen-bond donors (Lipinski definition) is 1. The molecule has 0 bridgehead atoms. The van der Waals surface area contributed by atoms with E-state index in [1.165, 1.54) is 17.7 Å². The first-order chi connectivity index (χ1) is 17.5. The lowest BCUT2D eigenvalue weighted by molar-refractivity contribution is -0.137. The summed E-state index contributed by atoms with van der Waals surface area (Å²) in [4.78, 5) is 18.1. The number of halogens is 1. The highest BCUT2D eigenvalue weighted by molar-refractivity contribution is 5.83. The van der Waals surface area contributed by atoms with Gasteiger partial charge >= 0.3 is 5.97 Å². The molecule has 1 aliphatic rings. The molecule has 2 aromatic carbocycles. The molecule has 2 heterocycles. The number of rotatable bonds is 9. The number of methoxy groups -OCH3 is 1. The number of ether oxygens (including phenoxy) is 1. The Morgan fingerprint density at radius 2 is 2.08 bits per heavy atom. The Labute approximate surface area is 212 Å². The molecule has 1 aromatic heterocycles. The third kappa shape index (κ3) is 7.05. The fraction of sp³-hybridized carbons (Fsp3) is 0.400. The van der Waals surface area contributed by atoms with Gasteiger partial charge < -0.3 is 9.84 Å². The minimum absolute atomic E-state index is 0.193. The molecule has 1 N–H and O–H groups in total. The van der Waals surface area contributed by atoms with E-state index < -0.39 is 5.97 Å². The van der Waals surface area contributed by atoms with Crippen LogP contribution >= 0.6 is 0 Å². The summed E-state index contributed by atoms with van der Waals surface area (Å²) in [6.07, 6.45) is 6.85. The zero-order valence-corrected chi connectivity index (χ0v) is 20.8. The van der Waals surface area contributed by atoms with E-state index in [1.807, 2.05) is 18.3 Å². The van der Waals surface area contributed by atoms with Gasteiger partial charge in [0.05, 0.1) is 19.2 Å². The van der Waals surface area contributed by atoms with Gasteiger partial charge in [-0.25, -0.2) is 4.39 Å². The summed E-state index contributed by atoms with van der Waals surface area (Å²) < 4.78 is 18.8. The molecule has 0 radical (unpaired) electrons. The number of pyridine rings is 1. The van der Waals surface area contributed by atoms with Crippen molar-refractivity contribution in [1.29, 1.82) is 0 Å². The number of aromatic nitrogens is 1. The third-order valence-corrected chi connectivity index (χ3v) is 7.12. The van der Waals surface area contributed by atoms with Gasteiger partial charge in [0.15, 0.2) is 0 Å². The number of aryl methyl sites for hydroxylation is 1. The average Bonchev–Trinajstić information content (AvgIpc) is 2.88. The number of likely N-dealkylation sites (tertiary alicyclic amines) is 1. The Morgan fingerprint density at radius 1 is 1.19 bits per heavy atom. The highest BCUT2D eigenvalue weighted by Gasteiger charge is 2.29. The van der Waals surface area contributed by atoms with E-state index >= 15 is 0 Å². The van der Waals surface area contributed by atoms with Crippen molar-refractivity contribution in [3.05, 3.63) is 71.7 Å². The molecule has 0 amide bonds. The summed E-state index contributed by atoms with van der Waals surface area (Å²) in [5, 5.41) is 10.4. The maximum Gasteiger partial charge on any atom is 0.303 e. The van der Waals surface area contributed by atoms with Crippen LogP contribution in [0.25, 0.3) is 10.9 Å². The van der Waals surface area contributed by atoms with E-state index in [4.69, 9.17) is 4.74 Å². The van der Waals surface area contributed by atoms with Crippen LogP contribution in [0.4, 0.5) is 4.39 Å². The monoisotopic (exact) mass is 488 g/mol. The van der Waals surface area contributed by atoms with Crippen molar-refractivity contribution < 1.29 is 19.0 Å². The molecule has 1 fully saturated rings. The van der Waals surface area contributed by atoms with Crippen molar-refractivity contribution in [3.8, 4) is 17.6 Å². The maximum atomic E-state index is 13.4. The quantitative estimate of drug-likeness (QED) is 0.400. The first-order valence-electron chi connectivity index (χ1n) is 12.6. The molecule has 6 heteroatoms. The lowest BCUT2D eigenvalue weighted by Crippen LogP contribution is -2.41.